The summed E-state index contributed by atoms with van der Waals surface area (Å²) in [5.74, 6) is -0.260. The number of nitrogens with one attached hydrogen (secondary N) is 1. The molecule has 162 valence electrons. The number of hydrogen-bond donors (Lipinski definition) is 1. The fourth-order valence-electron chi connectivity index (χ4n) is 3.77. The zero-order chi connectivity index (χ0) is 21.9. The molecule has 1 aromatic heterocycles. The van der Waals surface area contributed by atoms with Gasteiger partial charge < -0.3 is 5.32 Å². The lowest BCUT2D eigenvalue weighted by atomic mass is 9.81. The van der Waals surface area contributed by atoms with E-state index in [4.69, 9.17) is 11.6 Å². The summed E-state index contributed by atoms with van der Waals surface area (Å²) in [5, 5.41) is 3.17. The molecule has 1 saturated heterocycles. The maximum absolute atomic E-state index is 13.0. The van der Waals surface area contributed by atoms with Crippen LogP contribution >= 0.6 is 11.6 Å². The molecule has 1 atom stereocenters. The van der Waals surface area contributed by atoms with Crippen molar-refractivity contribution in [2.45, 2.75) is 44.6 Å². The van der Waals surface area contributed by atoms with Crippen molar-refractivity contribution in [3.63, 3.8) is 0 Å². The highest BCUT2D eigenvalue weighted by Gasteiger charge is 2.35. The molecule has 0 spiro atoms. The maximum Gasteiger partial charge on any atom is 0.246 e. The van der Waals surface area contributed by atoms with Crippen molar-refractivity contribution in [2.75, 3.05) is 13.1 Å². The Morgan fingerprint density at radius 3 is 2.33 bits per heavy atom. The number of nitrogens with zero attached hydrogens (tertiary/aromatic N) is 2. The Hall–Kier alpha value is -1.96. The Morgan fingerprint density at radius 1 is 1.13 bits per heavy atom. The van der Waals surface area contributed by atoms with Gasteiger partial charge in [0.25, 0.3) is 0 Å². The lowest BCUT2D eigenvalue weighted by molar-refractivity contribution is -0.127. The minimum absolute atomic E-state index is 0.00597. The van der Waals surface area contributed by atoms with E-state index >= 15 is 0 Å². The Kier molecular flexibility index (Phi) is 6.84. The number of sulfonamides is 1. The molecule has 0 radical (unpaired) electrons. The third-order valence-corrected chi connectivity index (χ3v) is 7.80. The first-order chi connectivity index (χ1) is 14.1. The molecule has 1 aliphatic rings. The van der Waals surface area contributed by atoms with Crippen LogP contribution in [0.15, 0.2) is 53.6 Å². The number of carbonyl (C=O) groups excluding carboxylic acids is 1. The molecule has 1 N–H and O–H groups in total. The van der Waals surface area contributed by atoms with Crippen LogP contribution in [-0.4, -0.2) is 36.7 Å². The van der Waals surface area contributed by atoms with Crippen LogP contribution in [0, 0.1) is 11.3 Å². The van der Waals surface area contributed by atoms with Crippen molar-refractivity contribution in [1.82, 2.24) is 14.6 Å². The van der Waals surface area contributed by atoms with Crippen LogP contribution in [0.5, 0.6) is 0 Å². The zero-order valence-electron chi connectivity index (χ0n) is 17.5. The molecule has 30 heavy (non-hydrogen) atoms. The number of piperidine rings is 1. The van der Waals surface area contributed by atoms with Gasteiger partial charge in [-0.2, -0.15) is 4.31 Å². The second-order valence-electron chi connectivity index (χ2n) is 8.69. The van der Waals surface area contributed by atoms with Crippen LogP contribution in [0.2, 0.25) is 5.15 Å². The summed E-state index contributed by atoms with van der Waals surface area (Å²) >= 11 is 5.98. The monoisotopic (exact) mass is 449 g/mol. The third-order valence-electron chi connectivity index (χ3n) is 5.45. The van der Waals surface area contributed by atoms with E-state index in [1.54, 1.807) is 6.07 Å². The standard InChI is InChI=1S/C22H28ClN3O3S/c1-22(2,3)19(16-8-5-4-6-9-16)25-21(27)17-11-14-26(15-12-17)30(28,29)18-10-7-13-24-20(18)23/h4-10,13,17,19H,11-12,14-15H2,1-3H3,(H,25,27). The number of hydrogen-bond acceptors (Lipinski definition) is 4. The van der Waals surface area contributed by atoms with Crippen molar-refractivity contribution < 1.29 is 13.2 Å². The number of rotatable bonds is 5. The summed E-state index contributed by atoms with van der Waals surface area (Å²) in [5.41, 5.74) is 0.905. The summed E-state index contributed by atoms with van der Waals surface area (Å²) < 4.78 is 27.1. The molecule has 8 heteroatoms. The molecular weight excluding hydrogens is 422 g/mol. The van der Waals surface area contributed by atoms with Gasteiger partial charge >= 0.3 is 0 Å². The molecule has 3 rings (SSSR count). The second kappa shape index (κ2) is 9.04. The van der Waals surface area contributed by atoms with E-state index in [0.717, 1.165) is 5.56 Å². The van der Waals surface area contributed by atoms with Crippen LogP contribution in [0.1, 0.15) is 45.2 Å². The van der Waals surface area contributed by atoms with Crippen LogP contribution in [0.25, 0.3) is 0 Å². The molecule has 2 heterocycles. The topological polar surface area (TPSA) is 79.4 Å². The molecule has 2 aromatic rings. The van der Waals surface area contributed by atoms with Gasteiger partial charge in [-0.3, -0.25) is 4.79 Å². The van der Waals surface area contributed by atoms with Crippen LogP contribution in [-0.2, 0) is 14.8 Å². The first-order valence-corrected chi connectivity index (χ1v) is 11.9. The first-order valence-electron chi connectivity index (χ1n) is 10.1. The summed E-state index contributed by atoms with van der Waals surface area (Å²) in [6.07, 6.45) is 2.39. The molecule has 0 bridgehead atoms. The van der Waals surface area contributed by atoms with E-state index in [2.05, 4.69) is 31.1 Å². The molecule has 1 amide bonds. The number of amides is 1. The van der Waals surface area contributed by atoms with E-state index in [-0.39, 0.29) is 46.4 Å². The summed E-state index contributed by atoms with van der Waals surface area (Å²) in [6, 6.07) is 12.8. The molecule has 1 fully saturated rings. The highest BCUT2D eigenvalue weighted by atomic mass is 35.5. The number of aromatic nitrogens is 1. The van der Waals surface area contributed by atoms with Gasteiger partial charge in [0, 0.05) is 25.2 Å². The zero-order valence-corrected chi connectivity index (χ0v) is 19.1. The Balaban J connectivity index is 1.67. The first kappa shape index (κ1) is 22.7. The van der Waals surface area contributed by atoms with E-state index in [0.29, 0.717) is 12.8 Å². The van der Waals surface area contributed by atoms with Gasteiger partial charge in [-0.15, -0.1) is 0 Å². The third kappa shape index (κ3) is 5.02. The van der Waals surface area contributed by atoms with Gasteiger partial charge in [0.2, 0.25) is 15.9 Å². The van der Waals surface area contributed by atoms with Crippen LogP contribution < -0.4 is 5.32 Å². The maximum atomic E-state index is 13.0. The molecule has 1 aliphatic heterocycles. The van der Waals surface area contributed by atoms with Gasteiger partial charge in [0.15, 0.2) is 0 Å². The summed E-state index contributed by atoms with van der Waals surface area (Å²) in [4.78, 5) is 16.9. The second-order valence-corrected chi connectivity index (χ2v) is 11.0. The quantitative estimate of drug-likeness (QED) is 0.698. The van der Waals surface area contributed by atoms with Gasteiger partial charge in [0.1, 0.15) is 10.0 Å². The van der Waals surface area contributed by atoms with Crippen molar-refractivity contribution in [1.29, 1.82) is 0 Å². The largest absolute Gasteiger partial charge is 0.349 e. The van der Waals surface area contributed by atoms with E-state index in [1.807, 2.05) is 30.3 Å². The van der Waals surface area contributed by atoms with Crippen molar-refractivity contribution in [3.05, 3.63) is 59.4 Å². The Morgan fingerprint density at radius 2 is 1.77 bits per heavy atom. The molecule has 1 unspecified atom stereocenters. The average molecular weight is 450 g/mol. The minimum atomic E-state index is -3.72. The van der Waals surface area contributed by atoms with Gasteiger partial charge in [-0.05, 0) is 36.0 Å². The average Bonchev–Trinajstić information content (AvgIpc) is 2.72. The smallest absolute Gasteiger partial charge is 0.246 e. The Labute approximate surface area is 183 Å². The molecule has 0 aliphatic carbocycles. The fourth-order valence-corrected chi connectivity index (χ4v) is 5.66. The van der Waals surface area contributed by atoms with E-state index < -0.39 is 10.0 Å². The minimum Gasteiger partial charge on any atom is -0.349 e. The number of pyridine rings is 1. The van der Waals surface area contributed by atoms with Gasteiger partial charge in [-0.1, -0.05) is 62.7 Å². The van der Waals surface area contributed by atoms with Crippen LogP contribution in [0.3, 0.4) is 0 Å². The predicted octanol–water partition coefficient (Wildman–Crippen LogP) is 4.04. The lowest BCUT2D eigenvalue weighted by Crippen LogP contribution is -2.45. The number of carbonyl (C=O) groups is 1. The number of benzene rings is 1. The molecule has 1 aromatic carbocycles. The lowest BCUT2D eigenvalue weighted by Gasteiger charge is -2.35. The van der Waals surface area contributed by atoms with Crippen LogP contribution in [0.4, 0.5) is 0 Å². The van der Waals surface area contributed by atoms with E-state index in [1.165, 1.54) is 16.6 Å². The number of halogens is 1. The summed E-state index contributed by atoms with van der Waals surface area (Å²) in [7, 11) is -3.72. The highest BCUT2D eigenvalue weighted by molar-refractivity contribution is 7.89. The van der Waals surface area contributed by atoms with Crippen molar-refractivity contribution in [2.24, 2.45) is 11.3 Å². The SMILES string of the molecule is CC(C)(C)C(NC(=O)C1CCN(S(=O)(=O)c2cccnc2Cl)CC1)c1ccccc1. The van der Waals surface area contributed by atoms with Gasteiger partial charge in [0.05, 0.1) is 6.04 Å². The van der Waals surface area contributed by atoms with Gasteiger partial charge in [-0.25, -0.2) is 13.4 Å². The highest BCUT2D eigenvalue weighted by Crippen LogP contribution is 2.34. The summed E-state index contributed by atoms with van der Waals surface area (Å²) in [6.45, 7) is 6.83. The molecule has 6 nitrogen and oxygen atoms in total. The van der Waals surface area contributed by atoms with Crippen molar-refractivity contribution >= 4 is 27.5 Å². The van der Waals surface area contributed by atoms with E-state index in [9.17, 15) is 13.2 Å². The molecular formula is C22H28ClN3O3S. The van der Waals surface area contributed by atoms with Crippen molar-refractivity contribution in [3.8, 4) is 0 Å². The normalized spacial score (nSPS) is 17.5. The molecule has 0 saturated carbocycles. The Bertz CT molecular complexity index is 982. The predicted molar refractivity (Wildman–Crippen MR) is 118 cm³/mol. The fraction of sp³-hybridized carbons (Fsp3) is 0.455.